The summed E-state index contributed by atoms with van der Waals surface area (Å²) >= 11 is 1.72. The van der Waals surface area contributed by atoms with Gasteiger partial charge in [-0.05, 0) is 18.6 Å². The number of hydrogen-bond donors (Lipinski definition) is 1. The monoisotopic (exact) mass is 272 g/mol. The van der Waals surface area contributed by atoms with E-state index >= 15 is 0 Å². The van der Waals surface area contributed by atoms with Gasteiger partial charge in [-0.2, -0.15) is 11.8 Å². The second-order valence-corrected chi connectivity index (χ2v) is 6.93. The Morgan fingerprint density at radius 3 is 2.50 bits per heavy atom. The van der Waals surface area contributed by atoms with Crippen LogP contribution in [0.3, 0.4) is 0 Å². The molecule has 1 aliphatic rings. The van der Waals surface area contributed by atoms with Gasteiger partial charge in [0, 0.05) is 24.8 Å². The molecule has 4 nitrogen and oxygen atoms in total. The molecule has 0 saturated carbocycles. The number of nitrogens with zero attached hydrogens (tertiary/aromatic N) is 1. The molecular formula is C13H24N2O2S. The normalized spacial score (nSPS) is 25.9. The quantitative estimate of drug-likeness (QED) is 0.847. The second kappa shape index (κ2) is 5.95. The van der Waals surface area contributed by atoms with E-state index in [1.807, 2.05) is 38.9 Å². The van der Waals surface area contributed by atoms with E-state index < -0.39 is 6.04 Å². The summed E-state index contributed by atoms with van der Waals surface area (Å²) in [5, 5.41) is 2.87. The van der Waals surface area contributed by atoms with Crippen LogP contribution >= 0.6 is 11.8 Å². The highest BCUT2D eigenvalue weighted by Gasteiger charge is 2.39. The van der Waals surface area contributed by atoms with Crippen molar-refractivity contribution in [3.8, 4) is 0 Å². The highest BCUT2D eigenvalue weighted by Crippen LogP contribution is 2.24. The van der Waals surface area contributed by atoms with Crippen LogP contribution in [0.25, 0.3) is 0 Å². The number of nitrogens with one attached hydrogen (secondary N) is 1. The zero-order chi connectivity index (χ0) is 13.9. The van der Waals surface area contributed by atoms with Gasteiger partial charge in [0.1, 0.15) is 6.04 Å². The summed E-state index contributed by atoms with van der Waals surface area (Å²) in [4.78, 5) is 26.2. The van der Waals surface area contributed by atoms with Crippen LogP contribution in [0.5, 0.6) is 0 Å². The fourth-order valence-corrected chi connectivity index (χ4v) is 2.53. The van der Waals surface area contributed by atoms with Crippen LogP contribution < -0.4 is 5.32 Å². The molecule has 0 aromatic rings. The van der Waals surface area contributed by atoms with Gasteiger partial charge in [0.15, 0.2) is 0 Å². The average molecular weight is 272 g/mol. The Morgan fingerprint density at radius 1 is 1.39 bits per heavy atom. The maximum absolute atomic E-state index is 12.6. The van der Waals surface area contributed by atoms with E-state index in [0.717, 1.165) is 5.75 Å². The molecule has 1 saturated heterocycles. The lowest BCUT2D eigenvalue weighted by atomic mass is 9.86. The summed E-state index contributed by atoms with van der Waals surface area (Å²) in [7, 11) is 0. The molecule has 2 atom stereocenters. The van der Waals surface area contributed by atoms with Crippen molar-refractivity contribution in [3.63, 3.8) is 0 Å². The van der Waals surface area contributed by atoms with Crippen LogP contribution in [0.15, 0.2) is 0 Å². The first-order valence-corrected chi connectivity index (χ1v) is 7.75. The van der Waals surface area contributed by atoms with Crippen LogP contribution in [-0.4, -0.2) is 47.4 Å². The molecule has 18 heavy (non-hydrogen) atoms. The van der Waals surface area contributed by atoms with Crippen molar-refractivity contribution in [1.29, 1.82) is 0 Å². The van der Waals surface area contributed by atoms with Gasteiger partial charge >= 0.3 is 0 Å². The van der Waals surface area contributed by atoms with Gasteiger partial charge in [-0.25, -0.2) is 0 Å². The summed E-state index contributed by atoms with van der Waals surface area (Å²) in [5.74, 6) is 0.929. The van der Waals surface area contributed by atoms with Crippen molar-refractivity contribution in [1.82, 2.24) is 10.2 Å². The minimum atomic E-state index is -0.420. The van der Waals surface area contributed by atoms with Crippen LogP contribution in [-0.2, 0) is 9.59 Å². The highest BCUT2D eigenvalue weighted by atomic mass is 32.2. The lowest BCUT2D eigenvalue weighted by Crippen LogP contribution is -2.53. The molecule has 0 radical (unpaired) electrons. The van der Waals surface area contributed by atoms with E-state index in [9.17, 15) is 9.59 Å². The molecule has 0 aromatic carbocycles. The van der Waals surface area contributed by atoms with Crippen molar-refractivity contribution >= 4 is 23.6 Å². The summed E-state index contributed by atoms with van der Waals surface area (Å²) in [6.45, 7) is 8.61. The predicted molar refractivity (Wildman–Crippen MR) is 75.6 cm³/mol. The van der Waals surface area contributed by atoms with E-state index in [-0.39, 0.29) is 23.3 Å². The molecule has 5 heteroatoms. The third kappa shape index (κ3) is 3.64. The molecule has 1 fully saturated rings. The molecule has 2 amide bonds. The Labute approximate surface area is 114 Å². The van der Waals surface area contributed by atoms with Crippen molar-refractivity contribution in [2.45, 2.75) is 46.2 Å². The van der Waals surface area contributed by atoms with Gasteiger partial charge in [-0.3, -0.25) is 9.59 Å². The minimum Gasteiger partial charge on any atom is -0.344 e. The van der Waals surface area contributed by atoms with Crippen molar-refractivity contribution in [2.24, 2.45) is 5.41 Å². The predicted octanol–water partition coefficient (Wildman–Crippen LogP) is 1.50. The average Bonchev–Trinajstić information content (AvgIpc) is 2.33. The summed E-state index contributed by atoms with van der Waals surface area (Å²) in [6.07, 6.45) is 2.42. The zero-order valence-corrected chi connectivity index (χ0v) is 12.8. The molecule has 2 unspecified atom stereocenters. The van der Waals surface area contributed by atoms with Crippen LogP contribution in [0.2, 0.25) is 0 Å². The first kappa shape index (κ1) is 15.3. The van der Waals surface area contributed by atoms with Crippen molar-refractivity contribution in [3.05, 3.63) is 0 Å². The van der Waals surface area contributed by atoms with E-state index in [4.69, 9.17) is 0 Å². The Bertz CT molecular complexity index is 325. The van der Waals surface area contributed by atoms with Gasteiger partial charge < -0.3 is 10.2 Å². The van der Waals surface area contributed by atoms with Crippen LogP contribution in [0.4, 0.5) is 0 Å². The van der Waals surface area contributed by atoms with E-state index in [1.165, 1.54) is 0 Å². The molecule has 0 aliphatic carbocycles. The largest absolute Gasteiger partial charge is 0.344 e. The standard InChI is InChI=1S/C13H24N2O2S/c1-9-8-10(16)14-11(13(2,3)4)12(17)15(9)6-7-18-5/h9,11H,6-8H2,1-5H3,(H,14,16). The first-order valence-electron chi connectivity index (χ1n) is 6.36. The number of amides is 2. The van der Waals surface area contributed by atoms with Gasteiger partial charge in [0.25, 0.3) is 0 Å². The number of hydrogen-bond acceptors (Lipinski definition) is 3. The fourth-order valence-electron chi connectivity index (χ4n) is 2.15. The Morgan fingerprint density at radius 2 is 2.00 bits per heavy atom. The topological polar surface area (TPSA) is 49.4 Å². The number of carbonyl (C=O) groups is 2. The lowest BCUT2D eigenvalue weighted by molar-refractivity contribution is -0.137. The van der Waals surface area contributed by atoms with E-state index in [0.29, 0.717) is 13.0 Å². The summed E-state index contributed by atoms with van der Waals surface area (Å²) in [5.41, 5.74) is -0.256. The molecule has 1 N–H and O–H groups in total. The molecule has 1 rings (SSSR count). The number of thioether (sulfide) groups is 1. The zero-order valence-electron chi connectivity index (χ0n) is 11.9. The Kier molecular flexibility index (Phi) is 5.08. The SMILES string of the molecule is CSCCN1C(=O)C(C(C)(C)C)NC(=O)CC1C. The molecular weight excluding hydrogens is 248 g/mol. The maximum Gasteiger partial charge on any atom is 0.245 e. The Balaban J connectivity index is 2.94. The van der Waals surface area contributed by atoms with Gasteiger partial charge in [-0.1, -0.05) is 20.8 Å². The minimum absolute atomic E-state index is 0.0167. The second-order valence-electron chi connectivity index (χ2n) is 5.94. The third-order valence-corrected chi connectivity index (χ3v) is 3.84. The molecule has 0 spiro atoms. The molecule has 0 bridgehead atoms. The van der Waals surface area contributed by atoms with Crippen molar-refractivity contribution < 1.29 is 9.59 Å². The molecule has 1 heterocycles. The molecule has 0 aromatic heterocycles. The molecule has 104 valence electrons. The lowest BCUT2D eigenvalue weighted by Gasteiger charge is -2.34. The maximum atomic E-state index is 12.6. The number of carbonyl (C=O) groups excluding carboxylic acids is 2. The summed E-state index contributed by atoms with van der Waals surface area (Å²) < 4.78 is 0. The highest BCUT2D eigenvalue weighted by molar-refractivity contribution is 7.98. The van der Waals surface area contributed by atoms with E-state index in [1.54, 1.807) is 11.8 Å². The van der Waals surface area contributed by atoms with Gasteiger partial charge in [0.05, 0.1) is 0 Å². The number of rotatable bonds is 3. The van der Waals surface area contributed by atoms with E-state index in [2.05, 4.69) is 5.32 Å². The first-order chi connectivity index (χ1) is 8.27. The third-order valence-electron chi connectivity index (χ3n) is 3.25. The summed E-state index contributed by atoms with van der Waals surface area (Å²) in [6, 6.07) is -0.436. The van der Waals surface area contributed by atoms with Gasteiger partial charge in [0.2, 0.25) is 11.8 Å². The fraction of sp³-hybridized carbons (Fsp3) is 0.846. The van der Waals surface area contributed by atoms with Gasteiger partial charge in [-0.15, -0.1) is 0 Å². The van der Waals surface area contributed by atoms with Crippen LogP contribution in [0.1, 0.15) is 34.1 Å². The molecule has 1 aliphatic heterocycles. The Hall–Kier alpha value is -0.710. The van der Waals surface area contributed by atoms with Crippen molar-refractivity contribution in [2.75, 3.05) is 18.6 Å². The van der Waals surface area contributed by atoms with Crippen LogP contribution in [0, 0.1) is 5.41 Å². The smallest absolute Gasteiger partial charge is 0.245 e.